The fourth-order valence-corrected chi connectivity index (χ4v) is 4.77. The second-order valence-corrected chi connectivity index (χ2v) is 8.45. The van der Waals surface area contributed by atoms with Crippen molar-refractivity contribution in [3.63, 3.8) is 0 Å². The molecule has 8 nitrogen and oxygen atoms in total. The van der Waals surface area contributed by atoms with Crippen molar-refractivity contribution in [2.75, 3.05) is 5.32 Å². The number of halogens is 1. The molecule has 0 unspecified atom stereocenters. The van der Waals surface area contributed by atoms with E-state index in [1.807, 2.05) is 27.7 Å². The maximum atomic E-state index is 12.7. The summed E-state index contributed by atoms with van der Waals surface area (Å²) in [6.45, 7) is 7.85. The molecule has 0 spiro atoms. The van der Waals surface area contributed by atoms with Crippen LogP contribution in [0.15, 0.2) is 15.7 Å². The molecule has 0 saturated carbocycles. The van der Waals surface area contributed by atoms with Crippen LogP contribution >= 0.6 is 22.9 Å². The summed E-state index contributed by atoms with van der Waals surface area (Å²) in [6.07, 6.45) is 3.03. The van der Waals surface area contributed by atoms with Gasteiger partial charge in [0.1, 0.15) is 20.6 Å². The third-order valence-corrected chi connectivity index (χ3v) is 6.64. The highest BCUT2D eigenvalue weighted by Crippen LogP contribution is 2.37. The van der Waals surface area contributed by atoms with Crippen LogP contribution in [0.1, 0.15) is 68.6 Å². The SMILES string of the molecule is CCC1=C(Cl)N=C(C(=O)Nc2nc(OC(CC)CC)c3c(CC)c(C(=O)O)sc3n2)C1. The van der Waals surface area contributed by atoms with Crippen LogP contribution in [0, 0.1) is 0 Å². The Bertz CT molecular complexity index is 1090. The molecule has 0 saturated heterocycles. The molecule has 0 radical (unpaired) electrons. The van der Waals surface area contributed by atoms with Crippen LogP contribution in [-0.2, 0) is 11.2 Å². The van der Waals surface area contributed by atoms with E-state index >= 15 is 0 Å². The summed E-state index contributed by atoms with van der Waals surface area (Å²) in [6, 6.07) is 0. The number of carboxylic acids is 1. The number of aromatic carboxylic acids is 1. The maximum absolute atomic E-state index is 12.7. The monoisotopic (exact) mass is 464 g/mol. The molecule has 0 aliphatic carbocycles. The summed E-state index contributed by atoms with van der Waals surface area (Å²) in [7, 11) is 0. The van der Waals surface area contributed by atoms with Gasteiger partial charge in [-0.25, -0.2) is 14.8 Å². The lowest BCUT2D eigenvalue weighted by Gasteiger charge is -2.16. The molecule has 166 valence electrons. The number of nitrogens with zero attached hydrogens (tertiary/aromatic N) is 3. The van der Waals surface area contributed by atoms with Gasteiger partial charge in [-0.15, -0.1) is 11.3 Å². The van der Waals surface area contributed by atoms with Crippen molar-refractivity contribution < 1.29 is 19.4 Å². The van der Waals surface area contributed by atoms with E-state index < -0.39 is 11.9 Å². The largest absolute Gasteiger partial charge is 0.477 e. The first-order chi connectivity index (χ1) is 14.8. The number of aryl methyl sites for hydroxylation is 1. The minimum Gasteiger partial charge on any atom is -0.477 e. The Hall–Kier alpha value is -2.52. The second kappa shape index (κ2) is 9.74. The van der Waals surface area contributed by atoms with Crippen LogP contribution in [0.4, 0.5) is 5.95 Å². The number of carbonyl (C=O) groups excluding carboxylic acids is 1. The third kappa shape index (κ3) is 4.72. The number of carboxylic acid groups (broad SMARTS) is 1. The molecule has 3 heterocycles. The van der Waals surface area contributed by atoms with Crippen molar-refractivity contribution in [1.29, 1.82) is 0 Å². The first kappa shape index (κ1) is 23.1. The van der Waals surface area contributed by atoms with Crippen LogP contribution in [0.2, 0.25) is 0 Å². The molecule has 31 heavy (non-hydrogen) atoms. The average molecular weight is 465 g/mol. The number of thiophene rings is 1. The van der Waals surface area contributed by atoms with E-state index in [0.717, 1.165) is 29.8 Å². The molecule has 2 aromatic heterocycles. The van der Waals surface area contributed by atoms with E-state index in [2.05, 4.69) is 20.3 Å². The number of rotatable bonds is 9. The highest BCUT2D eigenvalue weighted by molar-refractivity contribution is 7.20. The number of aliphatic imine (C=N–C) groups is 1. The van der Waals surface area contributed by atoms with Gasteiger partial charge in [0, 0.05) is 6.42 Å². The van der Waals surface area contributed by atoms with E-state index in [-0.39, 0.29) is 22.8 Å². The lowest BCUT2D eigenvalue weighted by Crippen LogP contribution is -2.23. The standard InChI is InChI=1S/C21H25ClN4O4S/c1-5-10-9-13(23-16(10)22)17(27)24-21-25-18(30-11(6-2)7-3)14-12(8-4)15(20(28)29)31-19(14)26-21/h11H,5-9H2,1-4H3,(H,28,29)(H,24,25,26,27). The lowest BCUT2D eigenvalue weighted by molar-refractivity contribution is -0.110. The number of anilines is 1. The van der Waals surface area contributed by atoms with Crippen LogP contribution < -0.4 is 10.1 Å². The van der Waals surface area contributed by atoms with Gasteiger partial charge in [-0.2, -0.15) is 4.98 Å². The number of carbonyl (C=O) groups is 2. The van der Waals surface area contributed by atoms with Crippen LogP contribution in [0.25, 0.3) is 10.2 Å². The van der Waals surface area contributed by atoms with Gasteiger partial charge in [-0.05, 0) is 36.8 Å². The molecule has 3 rings (SSSR count). The minimum atomic E-state index is -1.02. The number of ether oxygens (including phenoxy) is 1. The molecular formula is C21H25ClN4O4S. The normalized spacial score (nSPS) is 13.8. The Morgan fingerprint density at radius 3 is 2.45 bits per heavy atom. The molecule has 0 fully saturated rings. The first-order valence-corrected chi connectivity index (χ1v) is 11.5. The zero-order valence-corrected chi connectivity index (χ0v) is 19.5. The third-order valence-electron chi connectivity index (χ3n) is 5.17. The van der Waals surface area contributed by atoms with Gasteiger partial charge in [0.15, 0.2) is 0 Å². The molecule has 2 aromatic rings. The summed E-state index contributed by atoms with van der Waals surface area (Å²) in [4.78, 5) is 38.1. The Morgan fingerprint density at radius 1 is 1.19 bits per heavy atom. The van der Waals surface area contributed by atoms with E-state index in [1.54, 1.807) is 0 Å². The smallest absolute Gasteiger partial charge is 0.346 e. The molecule has 1 aliphatic heterocycles. The molecule has 0 aromatic carbocycles. The zero-order chi connectivity index (χ0) is 22.7. The maximum Gasteiger partial charge on any atom is 0.346 e. The lowest BCUT2D eigenvalue weighted by atomic mass is 10.1. The first-order valence-electron chi connectivity index (χ1n) is 10.3. The average Bonchev–Trinajstić information content (AvgIpc) is 3.32. The van der Waals surface area contributed by atoms with Gasteiger partial charge >= 0.3 is 5.97 Å². The summed E-state index contributed by atoms with van der Waals surface area (Å²) < 4.78 is 6.11. The Morgan fingerprint density at radius 2 is 1.90 bits per heavy atom. The molecule has 0 atom stereocenters. The molecule has 10 heteroatoms. The molecule has 1 aliphatic rings. The van der Waals surface area contributed by atoms with Gasteiger partial charge in [0.2, 0.25) is 11.8 Å². The Kier molecular flexibility index (Phi) is 7.27. The van der Waals surface area contributed by atoms with Crippen molar-refractivity contribution in [2.24, 2.45) is 4.99 Å². The summed E-state index contributed by atoms with van der Waals surface area (Å²) in [5, 5.41) is 13.2. The predicted molar refractivity (Wildman–Crippen MR) is 123 cm³/mol. The van der Waals surface area contributed by atoms with Crippen molar-refractivity contribution in [3.05, 3.63) is 21.2 Å². The number of hydrogen-bond donors (Lipinski definition) is 2. The van der Waals surface area contributed by atoms with Gasteiger partial charge in [0.25, 0.3) is 5.91 Å². The predicted octanol–water partition coefficient (Wildman–Crippen LogP) is 5.16. The quantitative estimate of drug-likeness (QED) is 0.495. The highest BCUT2D eigenvalue weighted by Gasteiger charge is 2.26. The van der Waals surface area contributed by atoms with E-state index in [9.17, 15) is 14.7 Å². The van der Waals surface area contributed by atoms with E-state index in [0.29, 0.717) is 45.9 Å². The number of aromatic nitrogens is 2. The van der Waals surface area contributed by atoms with Crippen molar-refractivity contribution in [2.45, 2.75) is 65.9 Å². The second-order valence-electron chi connectivity index (χ2n) is 7.09. The highest BCUT2D eigenvalue weighted by atomic mass is 35.5. The summed E-state index contributed by atoms with van der Waals surface area (Å²) in [5.74, 6) is -1.14. The molecule has 1 amide bonds. The Labute approximate surface area is 189 Å². The topological polar surface area (TPSA) is 114 Å². The van der Waals surface area contributed by atoms with Crippen LogP contribution in [-0.4, -0.2) is 38.8 Å². The number of hydrogen-bond acceptors (Lipinski definition) is 7. The van der Waals surface area contributed by atoms with Crippen molar-refractivity contribution in [3.8, 4) is 5.88 Å². The van der Waals surface area contributed by atoms with Crippen LogP contribution in [0.5, 0.6) is 5.88 Å². The molecule has 2 N–H and O–H groups in total. The fraction of sp³-hybridized carbons (Fsp3) is 0.476. The van der Waals surface area contributed by atoms with E-state index in [1.165, 1.54) is 0 Å². The number of allylic oxidation sites excluding steroid dienone is 1. The Balaban J connectivity index is 2.02. The van der Waals surface area contributed by atoms with Gasteiger partial charge in [-0.3, -0.25) is 10.1 Å². The molecule has 0 bridgehead atoms. The van der Waals surface area contributed by atoms with Crippen LogP contribution in [0.3, 0.4) is 0 Å². The van der Waals surface area contributed by atoms with Gasteiger partial charge in [0.05, 0.1) is 11.5 Å². The molecular weight excluding hydrogens is 440 g/mol. The zero-order valence-electron chi connectivity index (χ0n) is 17.9. The van der Waals surface area contributed by atoms with Gasteiger partial charge < -0.3 is 9.84 Å². The minimum absolute atomic E-state index is 0.0445. The summed E-state index contributed by atoms with van der Waals surface area (Å²) in [5.41, 5.74) is 1.83. The number of nitrogens with one attached hydrogen (secondary N) is 1. The number of fused-ring (bicyclic) bond motifs is 1. The fourth-order valence-electron chi connectivity index (χ4n) is 3.38. The summed E-state index contributed by atoms with van der Waals surface area (Å²) >= 11 is 7.13. The van der Waals surface area contributed by atoms with E-state index in [4.69, 9.17) is 16.3 Å². The number of amides is 1. The van der Waals surface area contributed by atoms with Crippen molar-refractivity contribution >= 4 is 56.7 Å². The van der Waals surface area contributed by atoms with Gasteiger partial charge in [-0.1, -0.05) is 39.3 Å². The van der Waals surface area contributed by atoms with Crippen molar-refractivity contribution in [1.82, 2.24) is 9.97 Å².